The summed E-state index contributed by atoms with van der Waals surface area (Å²) in [6.45, 7) is 3.57. The molecule has 0 saturated heterocycles. The van der Waals surface area contributed by atoms with Crippen LogP contribution in [-0.2, 0) is 11.0 Å². The molecule has 1 aromatic heterocycles. The number of nitriles is 1. The lowest BCUT2D eigenvalue weighted by atomic mass is 10.1. The number of hydrogen-bond donors (Lipinski definition) is 1. The predicted molar refractivity (Wildman–Crippen MR) is 68.1 cm³/mol. The first-order chi connectivity index (χ1) is 9.29. The summed E-state index contributed by atoms with van der Waals surface area (Å²) in [5.41, 5.74) is -1.42. The maximum atomic E-state index is 12.8. The number of amides is 1. The summed E-state index contributed by atoms with van der Waals surface area (Å²) in [4.78, 5) is 15.2. The summed E-state index contributed by atoms with van der Waals surface area (Å²) in [6, 6.07) is 2.35. The van der Waals surface area contributed by atoms with Crippen LogP contribution >= 0.6 is 11.8 Å². The zero-order chi connectivity index (χ0) is 15.3. The molecule has 108 valence electrons. The number of rotatable bonds is 4. The minimum absolute atomic E-state index is 0.0777. The third kappa shape index (κ3) is 4.13. The molecule has 1 N–H and O–H groups in total. The van der Waals surface area contributed by atoms with Crippen LogP contribution in [-0.4, -0.2) is 23.2 Å². The molecule has 0 aliphatic carbocycles. The van der Waals surface area contributed by atoms with Gasteiger partial charge in [0.25, 0.3) is 0 Å². The topological polar surface area (TPSA) is 65.8 Å². The molecule has 8 heteroatoms. The molecule has 1 heterocycles. The van der Waals surface area contributed by atoms with Gasteiger partial charge in [0.05, 0.1) is 16.9 Å². The number of aryl methyl sites for hydroxylation is 1. The van der Waals surface area contributed by atoms with Gasteiger partial charge in [-0.25, -0.2) is 4.98 Å². The Kier molecular flexibility index (Phi) is 5.39. The smallest absolute Gasteiger partial charge is 0.356 e. The normalized spacial score (nSPS) is 11.0. The molecule has 0 aliphatic rings. The van der Waals surface area contributed by atoms with E-state index in [4.69, 9.17) is 5.26 Å². The van der Waals surface area contributed by atoms with Crippen molar-refractivity contribution in [2.24, 2.45) is 0 Å². The number of pyridine rings is 1. The summed E-state index contributed by atoms with van der Waals surface area (Å²) in [6.07, 6.45) is -4.63. The van der Waals surface area contributed by atoms with Crippen molar-refractivity contribution < 1.29 is 18.0 Å². The van der Waals surface area contributed by atoms with Crippen LogP contribution in [0.15, 0.2) is 11.1 Å². The first kappa shape index (κ1) is 16.3. The fourth-order valence-corrected chi connectivity index (χ4v) is 2.34. The Labute approximate surface area is 118 Å². The molecule has 1 aromatic rings. The van der Waals surface area contributed by atoms with Crippen molar-refractivity contribution in [3.63, 3.8) is 0 Å². The van der Waals surface area contributed by atoms with Gasteiger partial charge in [-0.05, 0) is 19.9 Å². The van der Waals surface area contributed by atoms with Crippen molar-refractivity contribution in [1.82, 2.24) is 10.3 Å². The highest BCUT2D eigenvalue weighted by atomic mass is 32.2. The highest BCUT2D eigenvalue weighted by Crippen LogP contribution is 2.35. The summed E-state index contributed by atoms with van der Waals surface area (Å²) >= 11 is 0.818. The van der Waals surface area contributed by atoms with Crippen LogP contribution in [0.3, 0.4) is 0 Å². The van der Waals surface area contributed by atoms with Crippen molar-refractivity contribution in [3.8, 4) is 6.07 Å². The molecule has 20 heavy (non-hydrogen) atoms. The second-order valence-electron chi connectivity index (χ2n) is 3.84. The lowest BCUT2D eigenvalue weighted by Gasteiger charge is -2.12. The van der Waals surface area contributed by atoms with Crippen LogP contribution in [0.2, 0.25) is 0 Å². The minimum Gasteiger partial charge on any atom is -0.356 e. The predicted octanol–water partition coefficient (Wildman–Crippen LogP) is 2.51. The van der Waals surface area contributed by atoms with E-state index < -0.39 is 17.3 Å². The van der Waals surface area contributed by atoms with Gasteiger partial charge in [0.15, 0.2) is 0 Å². The van der Waals surface area contributed by atoms with E-state index in [0.29, 0.717) is 6.54 Å². The van der Waals surface area contributed by atoms with Crippen molar-refractivity contribution in [1.29, 1.82) is 5.26 Å². The zero-order valence-corrected chi connectivity index (χ0v) is 11.7. The maximum Gasteiger partial charge on any atom is 0.417 e. The third-order valence-corrected chi connectivity index (χ3v) is 3.22. The van der Waals surface area contributed by atoms with Crippen molar-refractivity contribution in [3.05, 3.63) is 22.9 Å². The van der Waals surface area contributed by atoms with Gasteiger partial charge in [-0.1, -0.05) is 11.8 Å². The molecule has 1 amide bonds. The average molecular weight is 303 g/mol. The van der Waals surface area contributed by atoms with Gasteiger partial charge in [0.1, 0.15) is 11.1 Å². The fraction of sp³-hybridized carbons (Fsp3) is 0.417. The average Bonchev–Trinajstić information content (AvgIpc) is 2.35. The number of nitrogens with one attached hydrogen (secondary N) is 1. The van der Waals surface area contributed by atoms with Gasteiger partial charge < -0.3 is 5.32 Å². The standard InChI is InChI=1S/C12H12F3N3OS/c1-3-17-10(19)6-20-11-8(5-16)9(12(13,14)15)4-7(2)18-11/h4H,3,6H2,1-2H3,(H,17,19). The number of nitrogens with zero attached hydrogens (tertiary/aromatic N) is 2. The second-order valence-corrected chi connectivity index (χ2v) is 4.81. The molecule has 1 rings (SSSR count). The summed E-state index contributed by atoms with van der Waals surface area (Å²) in [7, 11) is 0. The van der Waals surface area contributed by atoms with Gasteiger partial charge in [-0.3, -0.25) is 4.79 Å². The lowest BCUT2D eigenvalue weighted by molar-refractivity contribution is -0.138. The largest absolute Gasteiger partial charge is 0.417 e. The van der Waals surface area contributed by atoms with E-state index in [1.807, 2.05) is 0 Å². The lowest BCUT2D eigenvalue weighted by Crippen LogP contribution is -2.24. The van der Waals surface area contributed by atoms with Gasteiger partial charge >= 0.3 is 6.18 Å². The molecular formula is C12H12F3N3OS. The molecule has 0 bridgehead atoms. The summed E-state index contributed by atoms with van der Waals surface area (Å²) in [5.74, 6) is -0.408. The third-order valence-electron chi connectivity index (χ3n) is 2.25. The van der Waals surface area contributed by atoms with Crippen molar-refractivity contribution >= 4 is 17.7 Å². The number of carbonyl (C=O) groups excluding carboxylic acids is 1. The van der Waals surface area contributed by atoms with E-state index in [2.05, 4.69) is 10.3 Å². The summed E-state index contributed by atoms with van der Waals surface area (Å²) in [5, 5.41) is 11.4. The number of halogens is 3. The molecular weight excluding hydrogens is 291 g/mol. The van der Waals surface area contributed by atoms with E-state index in [-0.39, 0.29) is 22.4 Å². The Morgan fingerprint density at radius 3 is 2.70 bits per heavy atom. The minimum atomic E-state index is -4.63. The molecule has 0 saturated carbocycles. The monoisotopic (exact) mass is 303 g/mol. The SMILES string of the molecule is CCNC(=O)CSc1nc(C)cc(C(F)(F)F)c1C#N. The molecule has 0 spiro atoms. The molecule has 0 fully saturated rings. The number of hydrogen-bond acceptors (Lipinski definition) is 4. The highest BCUT2D eigenvalue weighted by Gasteiger charge is 2.35. The first-order valence-corrected chi connectivity index (χ1v) is 6.66. The number of carbonyl (C=O) groups is 1. The van der Waals surface area contributed by atoms with Gasteiger partial charge in [0.2, 0.25) is 5.91 Å². The van der Waals surface area contributed by atoms with Gasteiger partial charge in [0, 0.05) is 12.2 Å². The highest BCUT2D eigenvalue weighted by molar-refractivity contribution is 8.00. The quantitative estimate of drug-likeness (QED) is 0.868. The van der Waals surface area contributed by atoms with E-state index in [0.717, 1.165) is 17.8 Å². The number of aromatic nitrogens is 1. The fourth-order valence-electron chi connectivity index (χ4n) is 1.46. The van der Waals surface area contributed by atoms with Crippen LogP contribution in [0.25, 0.3) is 0 Å². The van der Waals surface area contributed by atoms with Gasteiger partial charge in [-0.15, -0.1) is 0 Å². The molecule has 0 unspecified atom stereocenters. The van der Waals surface area contributed by atoms with Gasteiger partial charge in [-0.2, -0.15) is 18.4 Å². The molecule has 4 nitrogen and oxygen atoms in total. The Balaban J connectivity index is 3.11. The zero-order valence-electron chi connectivity index (χ0n) is 10.8. The Morgan fingerprint density at radius 2 is 2.20 bits per heavy atom. The Morgan fingerprint density at radius 1 is 1.55 bits per heavy atom. The van der Waals surface area contributed by atoms with E-state index >= 15 is 0 Å². The van der Waals surface area contributed by atoms with Crippen LogP contribution in [0.5, 0.6) is 0 Å². The Bertz CT molecular complexity index is 552. The Hall–Kier alpha value is -1.75. The van der Waals surface area contributed by atoms with Crippen LogP contribution in [0.1, 0.15) is 23.7 Å². The maximum absolute atomic E-state index is 12.8. The molecule has 0 aromatic carbocycles. The van der Waals surface area contributed by atoms with Crippen molar-refractivity contribution in [2.75, 3.05) is 12.3 Å². The number of alkyl halides is 3. The molecule has 0 aliphatic heterocycles. The first-order valence-electron chi connectivity index (χ1n) is 5.68. The van der Waals surface area contributed by atoms with Crippen LogP contribution in [0, 0.1) is 18.3 Å². The number of thioether (sulfide) groups is 1. The van der Waals surface area contributed by atoms with Crippen LogP contribution < -0.4 is 5.32 Å². The second kappa shape index (κ2) is 6.61. The van der Waals surface area contributed by atoms with E-state index in [1.165, 1.54) is 13.0 Å². The summed E-state index contributed by atoms with van der Waals surface area (Å²) < 4.78 is 38.5. The van der Waals surface area contributed by atoms with E-state index in [9.17, 15) is 18.0 Å². The molecule has 0 atom stereocenters. The van der Waals surface area contributed by atoms with Crippen LogP contribution in [0.4, 0.5) is 13.2 Å². The van der Waals surface area contributed by atoms with E-state index in [1.54, 1.807) is 6.92 Å². The van der Waals surface area contributed by atoms with Crippen molar-refractivity contribution in [2.45, 2.75) is 25.0 Å². The molecule has 0 radical (unpaired) electrons.